The Morgan fingerprint density at radius 2 is 2.12 bits per heavy atom. The molecule has 120 valence electrons. The summed E-state index contributed by atoms with van der Waals surface area (Å²) in [7, 11) is 0. The van der Waals surface area contributed by atoms with Crippen LogP contribution in [0.5, 0.6) is 0 Å². The van der Waals surface area contributed by atoms with Gasteiger partial charge in [-0.25, -0.2) is 9.97 Å². The lowest BCUT2D eigenvalue weighted by Crippen LogP contribution is -1.97. The number of thiazole rings is 1. The van der Waals surface area contributed by atoms with Crippen molar-refractivity contribution >= 4 is 34.1 Å². The van der Waals surface area contributed by atoms with Gasteiger partial charge in [0.15, 0.2) is 15.9 Å². The van der Waals surface area contributed by atoms with Gasteiger partial charge in [0.2, 0.25) is 0 Å². The van der Waals surface area contributed by atoms with Crippen molar-refractivity contribution in [3.8, 4) is 10.8 Å². The smallest absolute Gasteiger partial charge is 0.169 e. The van der Waals surface area contributed by atoms with Crippen molar-refractivity contribution in [2.24, 2.45) is 0 Å². The fourth-order valence-electron chi connectivity index (χ4n) is 2.49. The van der Waals surface area contributed by atoms with Crippen LogP contribution in [0, 0.1) is 0 Å². The van der Waals surface area contributed by atoms with Gasteiger partial charge in [0, 0.05) is 17.7 Å². The van der Waals surface area contributed by atoms with Gasteiger partial charge in [-0.3, -0.25) is 0 Å². The number of benzene rings is 1. The van der Waals surface area contributed by atoms with E-state index < -0.39 is 0 Å². The van der Waals surface area contributed by atoms with Crippen molar-refractivity contribution in [1.29, 1.82) is 0 Å². The highest BCUT2D eigenvalue weighted by atomic mass is 32.2. The number of furan rings is 1. The van der Waals surface area contributed by atoms with Crippen LogP contribution in [0.1, 0.15) is 5.69 Å². The average Bonchev–Trinajstić information content (AvgIpc) is 3.33. The zero-order valence-corrected chi connectivity index (χ0v) is 14.5. The first-order valence-corrected chi connectivity index (χ1v) is 9.39. The molecule has 0 saturated heterocycles. The van der Waals surface area contributed by atoms with Crippen molar-refractivity contribution in [2.75, 3.05) is 0 Å². The molecule has 0 fully saturated rings. The van der Waals surface area contributed by atoms with E-state index in [1.807, 2.05) is 36.4 Å². The standard InChI is InChI=1S/C18H15N3OS2/c1-2-9-21-15-7-4-3-6-14(15)20-18(21)24-12-13-11-23-17(19-13)16-8-5-10-22-16/h2-8,10-11H,1,9,12H2. The predicted molar refractivity (Wildman–Crippen MR) is 99.3 cm³/mol. The summed E-state index contributed by atoms with van der Waals surface area (Å²) in [6.45, 7) is 4.60. The highest BCUT2D eigenvalue weighted by Crippen LogP contribution is 2.29. The number of fused-ring (bicyclic) bond motifs is 1. The highest BCUT2D eigenvalue weighted by molar-refractivity contribution is 7.98. The molecule has 1 aromatic carbocycles. The molecule has 0 aliphatic carbocycles. The molecule has 0 radical (unpaired) electrons. The maximum atomic E-state index is 5.40. The minimum absolute atomic E-state index is 0.748. The number of hydrogen-bond donors (Lipinski definition) is 0. The molecular formula is C18H15N3OS2. The largest absolute Gasteiger partial charge is 0.462 e. The fraction of sp³-hybridized carbons (Fsp3) is 0.111. The number of allylic oxidation sites excluding steroid dienone is 1. The predicted octanol–water partition coefficient (Wildman–Crippen LogP) is 5.23. The molecule has 6 heteroatoms. The van der Waals surface area contributed by atoms with Crippen molar-refractivity contribution in [2.45, 2.75) is 17.5 Å². The Morgan fingerprint density at radius 3 is 2.96 bits per heavy atom. The zero-order chi connectivity index (χ0) is 16.4. The van der Waals surface area contributed by atoms with Gasteiger partial charge >= 0.3 is 0 Å². The number of imidazole rings is 1. The maximum absolute atomic E-state index is 5.40. The summed E-state index contributed by atoms with van der Waals surface area (Å²) >= 11 is 3.29. The van der Waals surface area contributed by atoms with Crippen molar-refractivity contribution in [3.63, 3.8) is 0 Å². The number of thioether (sulfide) groups is 1. The maximum Gasteiger partial charge on any atom is 0.169 e. The van der Waals surface area contributed by atoms with E-state index in [4.69, 9.17) is 9.40 Å². The first-order chi connectivity index (χ1) is 11.8. The first kappa shape index (κ1) is 15.2. The molecule has 0 N–H and O–H groups in total. The lowest BCUT2D eigenvalue weighted by atomic mass is 10.3. The van der Waals surface area contributed by atoms with E-state index >= 15 is 0 Å². The number of aromatic nitrogens is 3. The van der Waals surface area contributed by atoms with Crippen LogP contribution in [0.3, 0.4) is 0 Å². The van der Waals surface area contributed by atoms with Crippen LogP contribution in [-0.2, 0) is 12.3 Å². The van der Waals surface area contributed by atoms with Gasteiger partial charge in [-0.1, -0.05) is 30.0 Å². The third kappa shape index (κ3) is 2.90. The summed E-state index contributed by atoms with van der Waals surface area (Å²) in [6, 6.07) is 12.0. The van der Waals surface area contributed by atoms with E-state index in [2.05, 4.69) is 27.6 Å². The molecule has 0 atom stereocenters. The minimum atomic E-state index is 0.748. The Bertz CT molecular complexity index is 969. The summed E-state index contributed by atoms with van der Waals surface area (Å²) < 4.78 is 7.59. The van der Waals surface area contributed by atoms with E-state index in [9.17, 15) is 0 Å². The molecule has 0 unspecified atom stereocenters. The van der Waals surface area contributed by atoms with Crippen LogP contribution in [0.4, 0.5) is 0 Å². The van der Waals surface area contributed by atoms with E-state index in [-0.39, 0.29) is 0 Å². The van der Waals surface area contributed by atoms with Crippen molar-refractivity contribution in [3.05, 3.63) is 66.4 Å². The lowest BCUT2D eigenvalue weighted by Gasteiger charge is -2.04. The number of nitrogens with zero attached hydrogens (tertiary/aromatic N) is 3. The zero-order valence-electron chi connectivity index (χ0n) is 12.9. The van der Waals surface area contributed by atoms with Gasteiger partial charge < -0.3 is 8.98 Å². The summed E-state index contributed by atoms with van der Waals surface area (Å²) in [4.78, 5) is 9.38. The Balaban J connectivity index is 1.56. The Labute approximate surface area is 147 Å². The number of rotatable bonds is 6. The van der Waals surface area contributed by atoms with Gasteiger partial charge in [-0.2, -0.15) is 0 Å². The second-order valence-corrected chi connectivity index (χ2v) is 6.99. The second-order valence-electron chi connectivity index (χ2n) is 5.19. The Hall–Kier alpha value is -2.31. The molecule has 0 bridgehead atoms. The van der Waals surface area contributed by atoms with E-state index in [1.165, 1.54) is 0 Å². The monoisotopic (exact) mass is 353 g/mol. The van der Waals surface area contributed by atoms with Crippen LogP contribution < -0.4 is 0 Å². The summed E-state index contributed by atoms with van der Waals surface area (Å²) in [5, 5.41) is 3.98. The first-order valence-electron chi connectivity index (χ1n) is 7.52. The van der Waals surface area contributed by atoms with E-state index in [0.29, 0.717) is 0 Å². The summed E-state index contributed by atoms with van der Waals surface area (Å²) in [6.07, 6.45) is 3.57. The molecule has 0 spiro atoms. The molecule has 0 aliphatic rings. The SMILES string of the molecule is C=CCn1c(SCc2csc(-c3ccco3)n2)nc2ccccc21. The summed E-state index contributed by atoms with van der Waals surface area (Å²) in [5.74, 6) is 1.59. The average molecular weight is 353 g/mol. The van der Waals surface area contributed by atoms with Gasteiger partial charge in [0.05, 0.1) is 23.0 Å². The third-order valence-corrected chi connectivity index (χ3v) is 5.48. The van der Waals surface area contributed by atoms with Gasteiger partial charge in [0.1, 0.15) is 0 Å². The molecule has 4 aromatic rings. The molecular weight excluding hydrogens is 338 g/mol. The van der Waals surface area contributed by atoms with Crippen LogP contribution >= 0.6 is 23.1 Å². The molecule has 3 aromatic heterocycles. The minimum Gasteiger partial charge on any atom is -0.462 e. The van der Waals surface area contributed by atoms with E-state index in [1.54, 1.807) is 29.4 Å². The molecule has 24 heavy (non-hydrogen) atoms. The van der Waals surface area contributed by atoms with Gasteiger partial charge in [0.25, 0.3) is 0 Å². The van der Waals surface area contributed by atoms with Crippen molar-refractivity contribution < 1.29 is 4.42 Å². The molecule has 0 amide bonds. The van der Waals surface area contributed by atoms with Crippen LogP contribution in [0.2, 0.25) is 0 Å². The normalized spacial score (nSPS) is 11.2. The fourth-order valence-corrected chi connectivity index (χ4v) is 4.30. The van der Waals surface area contributed by atoms with Crippen LogP contribution in [0.15, 0.2) is 70.3 Å². The van der Waals surface area contributed by atoms with E-state index in [0.717, 1.165) is 44.9 Å². The molecule has 0 aliphatic heterocycles. The molecule has 4 rings (SSSR count). The van der Waals surface area contributed by atoms with Crippen LogP contribution in [-0.4, -0.2) is 14.5 Å². The third-order valence-electron chi connectivity index (χ3n) is 3.56. The molecule has 3 heterocycles. The Kier molecular flexibility index (Phi) is 4.23. The highest BCUT2D eigenvalue weighted by Gasteiger charge is 2.12. The number of hydrogen-bond acceptors (Lipinski definition) is 5. The topological polar surface area (TPSA) is 43.9 Å². The van der Waals surface area contributed by atoms with Gasteiger partial charge in [-0.05, 0) is 24.3 Å². The number of para-hydroxylation sites is 2. The summed E-state index contributed by atoms with van der Waals surface area (Å²) in [5.41, 5.74) is 3.18. The quantitative estimate of drug-likeness (QED) is 0.352. The lowest BCUT2D eigenvalue weighted by molar-refractivity contribution is 0.581. The molecule has 0 saturated carbocycles. The Morgan fingerprint density at radius 1 is 1.21 bits per heavy atom. The van der Waals surface area contributed by atoms with Gasteiger partial charge in [-0.15, -0.1) is 17.9 Å². The van der Waals surface area contributed by atoms with Crippen molar-refractivity contribution in [1.82, 2.24) is 14.5 Å². The van der Waals surface area contributed by atoms with Crippen LogP contribution in [0.25, 0.3) is 21.8 Å². The molecule has 4 nitrogen and oxygen atoms in total. The second kappa shape index (κ2) is 6.67.